The van der Waals surface area contributed by atoms with Crippen LogP contribution in [0.25, 0.3) is 21.8 Å². The zero-order valence-corrected chi connectivity index (χ0v) is 16.0. The number of rotatable bonds is 4. The van der Waals surface area contributed by atoms with Gasteiger partial charge >= 0.3 is 0 Å². The predicted molar refractivity (Wildman–Crippen MR) is 107 cm³/mol. The van der Waals surface area contributed by atoms with Crippen molar-refractivity contribution in [2.75, 3.05) is 24.7 Å². The van der Waals surface area contributed by atoms with Crippen LogP contribution in [0, 0.1) is 0 Å². The van der Waals surface area contributed by atoms with Gasteiger partial charge in [-0.1, -0.05) is 0 Å². The van der Waals surface area contributed by atoms with Crippen molar-refractivity contribution in [1.82, 2.24) is 30.3 Å². The quantitative estimate of drug-likeness (QED) is 0.482. The fraction of sp³-hybridized carbons (Fsp3) is 0.278. The fourth-order valence-corrected chi connectivity index (χ4v) is 4.25. The Morgan fingerprint density at radius 2 is 2.18 bits per heavy atom. The Balaban J connectivity index is 1.57. The lowest BCUT2D eigenvalue weighted by Gasteiger charge is -2.09. The van der Waals surface area contributed by atoms with E-state index in [2.05, 4.69) is 30.9 Å². The number of hydrogen-bond donors (Lipinski definition) is 3. The van der Waals surface area contributed by atoms with Gasteiger partial charge < -0.3 is 10.6 Å². The maximum absolute atomic E-state index is 11.9. The van der Waals surface area contributed by atoms with E-state index in [1.165, 1.54) is 6.26 Å². The maximum atomic E-state index is 11.9. The highest BCUT2D eigenvalue weighted by Gasteiger charge is 2.18. The molecule has 4 aromatic rings. The van der Waals surface area contributed by atoms with Crippen molar-refractivity contribution in [3.63, 3.8) is 0 Å². The second-order valence-corrected chi connectivity index (χ2v) is 9.06. The summed E-state index contributed by atoms with van der Waals surface area (Å²) in [4.78, 5) is 4.92. The predicted octanol–water partition coefficient (Wildman–Crippen LogP) is 1.99. The molecule has 0 spiro atoms. The molecular weight excluding hydrogens is 378 g/mol. The van der Waals surface area contributed by atoms with Gasteiger partial charge in [0.15, 0.2) is 15.7 Å². The largest absolute Gasteiger partial charge is 0.336 e. The number of aromatic nitrogens is 5. The van der Waals surface area contributed by atoms with Crippen LogP contribution < -0.4 is 10.6 Å². The van der Waals surface area contributed by atoms with Gasteiger partial charge in [0.25, 0.3) is 0 Å². The minimum Gasteiger partial charge on any atom is -0.336 e. The highest BCUT2D eigenvalue weighted by atomic mass is 32.2. The number of anilines is 2. The van der Waals surface area contributed by atoms with E-state index in [1.807, 2.05) is 10.9 Å². The molecule has 28 heavy (non-hydrogen) atoms. The minimum absolute atomic E-state index is 0.261. The van der Waals surface area contributed by atoms with Crippen molar-refractivity contribution >= 4 is 43.1 Å². The van der Waals surface area contributed by atoms with Crippen LogP contribution in [-0.2, 0) is 9.84 Å². The molecule has 3 N–H and O–H groups in total. The van der Waals surface area contributed by atoms with Crippen molar-refractivity contribution in [1.29, 1.82) is 0 Å². The second-order valence-electron chi connectivity index (χ2n) is 7.04. The van der Waals surface area contributed by atoms with Crippen molar-refractivity contribution < 1.29 is 8.42 Å². The molecule has 5 rings (SSSR count). The summed E-state index contributed by atoms with van der Waals surface area (Å²) < 4.78 is 25.8. The van der Waals surface area contributed by atoms with Crippen LogP contribution in [0.3, 0.4) is 0 Å². The van der Waals surface area contributed by atoms with E-state index in [1.54, 1.807) is 30.6 Å². The standard InChI is InChI=1S/C18H19N7O2S/c1-28(26,27)13-2-3-16-14(6-13)15-9-20-24-17(15)18(23-16)22-11-7-21-25(10-11)12-4-5-19-8-12/h2-3,6-7,9-10,12,19H,4-5,8H2,1H3,(H,20,24)(H,22,23). The third-order valence-corrected chi connectivity index (χ3v) is 6.17. The van der Waals surface area contributed by atoms with Crippen LogP contribution in [0.1, 0.15) is 12.5 Å². The second kappa shape index (κ2) is 6.28. The van der Waals surface area contributed by atoms with Crippen LogP contribution >= 0.6 is 0 Å². The van der Waals surface area contributed by atoms with Gasteiger partial charge in [-0.05, 0) is 31.2 Å². The maximum Gasteiger partial charge on any atom is 0.175 e. The van der Waals surface area contributed by atoms with Crippen LogP contribution in [0.15, 0.2) is 41.7 Å². The van der Waals surface area contributed by atoms with Gasteiger partial charge in [-0.25, -0.2) is 13.4 Å². The first kappa shape index (κ1) is 17.1. The van der Waals surface area contributed by atoms with E-state index in [0.717, 1.165) is 36.0 Å². The average molecular weight is 397 g/mol. The topological polar surface area (TPSA) is 118 Å². The van der Waals surface area contributed by atoms with Gasteiger partial charge in [0.05, 0.1) is 28.3 Å². The highest BCUT2D eigenvalue weighted by Crippen LogP contribution is 2.31. The molecule has 144 valence electrons. The molecule has 0 radical (unpaired) electrons. The monoisotopic (exact) mass is 397 g/mol. The summed E-state index contributed by atoms with van der Waals surface area (Å²) in [5, 5.41) is 19.8. The fourth-order valence-electron chi connectivity index (χ4n) is 3.60. The average Bonchev–Trinajstić information content (AvgIpc) is 3.41. The third kappa shape index (κ3) is 2.90. The summed E-state index contributed by atoms with van der Waals surface area (Å²) in [5.74, 6) is 0.597. The van der Waals surface area contributed by atoms with Crippen LogP contribution in [0.4, 0.5) is 11.5 Å². The van der Waals surface area contributed by atoms with Crippen molar-refractivity contribution in [3.05, 3.63) is 36.8 Å². The van der Waals surface area contributed by atoms with E-state index < -0.39 is 9.84 Å². The number of fused-ring (bicyclic) bond motifs is 3. The third-order valence-electron chi connectivity index (χ3n) is 5.06. The zero-order valence-electron chi connectivity index (χ0n) is 15.2. The normalized spacial score (nSPS) is 17.5. The molecule has 1 saturated heterocycles. The van der Waals surface area contributed by atoms with Gasteiger partial charge in [-0.3, -0.25) is 9.78 Å². The van der Waals surface area contributed by atoms with Crippen molar-refractivity contribution in [3.8, 4) is 0 Å². The van der Waals surface area contributed by atoms with E-state index in [9.17, 15) is 8.42 Å². The van der Waals surface area contributed by atoms with Crippen molar-refractivity contribution in [2.24, 2.45) is 0 Å². The van der Waals surface area contributed by atoms with Gasteiger partial charge in [0.1, 0.15) is 5.52 Å². The lowest BCUT2D eigenvalue weighted by Crippen LogP contribution is -2.13. The van der Waals surface area contributed by atoms with Gasteiger partial charge in [-0.2, -0.15) is 10.2 Å². The number of pyridine rings is 1. The highest BCUT2D eigenvalue weighted by molar-refractivity contribution is 7.90. The minimum atomic E-state index is -3.30. The molecule has 1 fully saturated rings. The number of sulfone groups is 1. The Morgan fingerprint density at radius 3 is 2.96 bits per heavy atom. The van der Waals surface area contributed by atoms with Crippen molar-refractivity contribution in [2.45, 2.75) is 17.4 Å². The summed E-state index contributed by atoms with van der Waals surface area (Å²) in [7, 11) is -3.30. The first-order chi connectivity index (χ1) is 13.5. The zero-order chi connectivity index (χ0) is 19.3. The van der Waals surface area contributed by atoms with E-state index in [-0.39, 0.29) is 4.90 Å². The van der Waals surface area contributed by atoms with Gasteiger partial charge in [-0.15, -0.1) is 0 Å². The number of aromatic amines is 1. The number of H-pyrrole nitrogens is 1. The first-order valence-electron chi connectivity index (χ1n) is 8.98. The molecule has 3 aromatic heterocycles. The lowest BCUT2D eigenvalue weighted by molar-refractivity contribution is 0.491. The molecule has 0 bridgehead atoms. The Bertz CT molecular complexity index is 1290. The van der Waals surface area contributed by atoms with E-state index in [4.69, 9.17) is 0 Å². The van der Waals surface area contributed by atoms with Crippen LogP contribution in [0.2, 0.25) is 0 Å². The molecule has 9 nitrogen and oxygen atoms in total. The summed E-state index contributed by atoms with van der Waals surface area (Å²) in [6, 6.07) is 5.30. The number of nitrogens with one attached hydrogen (secondary N) is 3. The lowest BCUT2D eigenvalue weighted by atomic mass is 10.1. The molecule has 0 saturated carbocycles. The summed E-state index contributed by atoms with van der Waals surface area (Å²) in [6.07, 6.45) is 7.75. The molecular formula is C18H19N7O2S. The first-order valence-corrected chi connectivity index (χ1v) is 10.9. The SMILES string of the molecule is CS(=O)(=O)c1ccc2nc(Nc3cnn(C4CCNC4)c3)c3n[nH]cc3c2c1. The van der Waals surface area contributed by atoms with E-state index in [0.29, 0.717) is 22.9 Å². The molecule has 1 aliphatic heterocycles. The van der Waals surface area contributed by atoms with E-state index >= 15 is 0 Å². The number of nitrogens with zero attached hydrogens (tertiary/aromatic N) is 4. The van der Waals surface area contributed by atoms with Gasteiger partial charge in [0, 0.05) is 36.0 Å². The Kier molecular flexibility index (Phi) is 3.84. The number of hydrogen-bond acceptors (Lipinski definition) is 7. The summed E-state index contributed by atoms with van der Waals surface area (Å²) in [5.41, 5.74) is 2.17. The molecule has 1 aromatic carbocycles. The smallest absolute Gasteiger partial charge is 0.175 e. The summed E-state index contributed by atoms with van der Waals surface area (Å²) >= 11 is 0. The molecule has 1 aliphatic rings. The van der Waals surface area contributed by atoms with Crippen LogP contribution in [-0.4, -0.2) is 52.7 Å². The molecule has 0 aliphatic carbocycles. The Labute approximate surface area is 161 Å². The molecule has 1 unspecified atom stereocenters. The molecule has 10 heteroatoms. The van der Waals surface area contributed by atoms with Crippen LogP contribution in [0.5, 0.6) is 0 Å². The van der Waals surface area contributed by atoms with Gasteiger partial charge in [0.2, 0.25) is 0 Å². The Morgan fingerprint density at radius 1 is 1.29 bits per heavy atom. The Hall–Kier alpha value is -2.98. The molecule has 4 heterocycles. The number of benzene rings is 1. The molecule has 1 atom stereocenters. The molecule has 0 amide bonds. The summed E-state index contributed by atoms with van der Waals surface area (Å²) in [6.45, 7) is 1.92.